The number of imidazole rings is 1. The molecule has 0 spiro atoms. The SMILES string of the molecule is O=C(NC1(CO)CCCC1)c1cncn1-c1ccccc1. The summed E-state index contributed by atoms with van der Waals surface area (Å²) in [5.41, 5.74) is 0.911. The summed E-state index contributed by atoms with van der Waals surface area (Å²) >= 11 is 0. The van der Waals surface area contributed by atoms with Gasteiger partial charge in [0.05, 0.1) is 24.7 Å². The van der Waals surface area contributed by atoms with Crippen LogP contribution in [0.15, 0.2) is 42.9 Å². The van der Waals surface area contributed by atoms with Gasteiger partial charge in [-0.25, -0.2) is 4.98 Å². The van der Waals surface area contributed by atoms with Crippen LogP contribution in [-0.4, -0.2) is 32.7 Å². The maximum atomic E-state index is 12.5. The van der Waals surface area contributed by atoms with Crippen LogP contribution in [0.25, 0.3) is 5.69 Å². The molecule has 0 unspecified atom stereocenters. The number of para-hydroxylation sites is 1. The fraction of sp³-hybridized carbons (Fsp3) is 0.375. The van der Waals surface area contributed by atoms with Gasteiger partial charge in [0, 0.05) is 5.69 Å². The first-order valence-corrected chi connectivity index (χ1v) is 7.25. The number of aliphatic hydroxyl groups excluding tert-OH is 1. The fourth-order valence-electron chi connectivity index (χ4n) is 2.94. The first-order valence-electron chi connectivity index (χ1n) is 7.25. The molecule has 1 amide bonds. The number of carbonyl (C=O) groups is 1. The molecule has 110 valence electrons. The van der Waals surface area contributed by atoms with Gasteiger partial charge in [0.25, 0.3) is 5.91 Å². The normalized spacial score (nSPS) is 16.8. The lowest BCUT2D eigenvalue weighted by Gasteiger charge is -2.28. The number of amides is 1. The maximum Gasteiger partial charge on any atom is 0.270 e. The van der Waals surface area contributed by atoms with Gasteiger partial charge >= 0.3 is 0 Å². The number of aromatic nitrogens is 2. The molecule has 0 bridgehead atoms. The van der Waals surface area contributed by atoms with Crippen LogP contribution >= 0.6 is 0 Å². The second kappa shape index (κ2) is 5.69. The zero-order chi connectivity index (χ0) is 14.7. The molecule has 5 heteroatoms. The lowest BCUT2D eigenvalue weighted by molar-refractivity contribution is 0.0831. The van der Waals surface area contributed by atoms with Gasteiger partial charge < -0.3 is 10.4 Å². The molecular formula is C16H19N3O2. The molecule has 1 heterocycles. The molecule has 0 radical (unpaired) electrons. The van der Waals surface area contributed by atoms with E-state index in [9.17, 15) is 9.90 Å². The molecule has 1 fully saturated rings. The largest absolute Gasteiger partial charge is 0.394 e. The van der Waals surface area contributed by atoms with Crippen LogP contribution in [0.3, 0.4) is 0 Å². The van der Waals surface area contributed by atoms with E-state index in [1.54, 1.807) is 17.1 Å². The van der Waals surface area contributed by atoms with Gasteiger partial charge in [0.2, 0.25) is 0 Å². The summed E-state index contributed by atoms with van der Waals surface area (Å²) in [7, 11) is 0. The molecule has 1 aromatic heterocycles. The third-order valence-electron chi connectivity index (χ3n) is 4.15. The Labute approximate surface area is 123 Å². The molecule has 2 N–H and O–H groups in total. The minimum absolute atomic E-state index is 0.0157. The van der Waals surface area contributed by atoms with E-state index in [2.05, 4.69) is 10.3 Å². The maximum absolute atomic E-state index is 12.5. The first-order chi connectivity index (χ1) is 10.2. The molecule has 1 aliphatic rings. The quantitative estimate of drug-likeness (QED) is 0.901. The molecule has 5 nitrogen and oxygen atoms in total. The van der Waals surface area contributed by atoms with Gasteiger partial charge in [-0.2, -0.15) is 0 Å². The van der Waals surface area contributed by atoms with Crippen LogP contribution in [0.5, 0.6) is 0 Å². The Bertz CT molecular complexity index is 615. The summed E-state index contributed by atoms with van der Waals surface area (Å²) in [6.45, 7) is -0.0157. The summed E-state index contributed by atoms with van der Waals surface area (Å²) < 4.78 is 1.76. The van der Waals surface area contributed by atoms with E-state index in [1.807, 2.05) is 30.3 Å². The number of hydrogen-bond donors (Lipinski definition) is 2. The van der Waals surface area contributed by atoms with Crippen molar-refractivity contribution in [3.05, 3.63) is 48.5 Å². The minimum atomic E-state index is -0.469. The monoisotopic (exact) mass is 285 g/mol. The van der Waals surface area contributed by atoms with Crippen molar-refractivity contribution < 1.29 is 9.90 Å². The van der Waals surface area contributed by atoms with Crippen LogP contribution in [-0.2, 0) is 0 Å². The van der Waals surface area contributed by atoms with E-state index in [-0.39, 0.29) is 12.5 Å². The van der Waals surface area contributed by atoms with Gasteiger partial charge in [-0.05, 0) is 25.0 Å². The lowest BCUT2D eigenvalue weighted by atomic mass is 9.99. The Morgan fingerprint density at radius 1 is 1.29 bits per heavy atom. The predicted octanol–water partition coefficient (Wildman–Crippen LogP) is 1.91. The average molecular weight is 285 g/mol. The highest BCUT2D eigenvalue weighted by Gasteiger charge is 2.35. The summed E-state index contributed by atoms with van der Waals surface area (Å²) in [5.74, 6) is -0.188. The van der Waals surface area contributed by atoms with Crippen molar-refractivity contribution in [3.63, 3.8) is 0 Å². The second-order valence-corrected chi connectivity index (χ2v) is 5.58. The van der Waals surface area contributed by atoms with Crippen molar-refractivity contribution in [2.45, 2.75) is 31.2 Å². The highest BCUT2D eigenvalue weighted by atomic mass is 16.3. The van der Waals surface area contributed by atoms with Crippen LogP contribution in [0.2, 0.25) is 0 Å². The molecule has 1 aromatic carbocycles. The van der Waals surface area contributed by atoms with Gasteiger partial charge in [-0.3, -0.25) is 9.36 Å². The minimum Gasteiger partial charge on any atom is -0.394 e. The van der Waals surface area contributed by atoms with Crippen molar-refractivity contribution in [1.29, 1.82) is 0 Å². The zero-order valence-electron chi connectivity index (χ0n) is 11.8. The topological polar surface area (TPSA) is 67.2 Å². The van der Waals surface area contributed by atoms with Crippen LogP contribution in [0.1, 0.15) is 36.2 Å². The van der Waals surface area contributed by atoms with Crippen LogP contribution in [0.4, 0.5) is 0 Å². The molecule has 21 heavy (non-hydrogen) atoms. The van der Waals surface area contributed by atoms with Crippen molar-refractivity contribution in [2.75, 3.05) is 6.61 Å². The van der Waals surface area contributed by atoms with Crippen molar-refractivity contribution in [2.24, 2.45) is 0 Å². The highest BCUT2D eigenvalue weighted by molar-refractivity contribution is 5.93. The summed E-state index contributed by atoms with van der Waals surface area (Å²) in [6.07, 6.45) is 6.92. The molecule has 0 aliphatic heterocycles. The molecule has 1 aliphatic carbocycles. The van der Waals surface area contributed by atoms with E-state index in [4.69, 9.17) is 0 Å². The van der Waals surface area contributed by atoms with Crippen molar-refractivity contribution >= 4 is 5.91 Å². The van der Waals surface area contributed by atoms with Gasteiger partial charge in [-0.15, -0.1) is 0 Å². The molecule has 3 rings (SSSR count). The molecular weight excluding hydrogens is 266 g/mol. The van der Waals surface area contributed by atoms with Gasteiger partial charge in [0.15, 0.2) is 0 Å². The Hall–Kier alpha value is -2.14. The average Bonchev–Trinajstić information content (AvgIpc) is 3.17. The second-order valence-electron chi connectivity index (χ2n) is 5.58. The Morgan fingerprint density at radius 3 is 2.67 bits per heavy atom. The number of rotatable bonds is 4. The smallest absolute Gasteiger partial charge is 0.270 e. The lowest BCUT2D eigenvalue weighted by Crippen LogP contribution is -2.49. The summed E-state index contributed by atoms with van der Waals surface area (Å²) in [5, 5.41) is 12.6. The van der Waals surface area contributed by atoms with E-state index in [1.165, 1.54) is 0 Å². The first kappa shape index (κ1) is 13.8. The Kier molecular flexibility index (Phi) is 3.75. The molecule has 1 saturated carbocycles. The number of carbonyl (C=O) groups excluding carboxylic acids is 1. The number of benzene rings is 1. The fourth-order valence-corrected chi connectivity index (χ4v) is 2.94. The number of hydrogen-bond acceptors (Lipinski definition) is 3. The van der Waals surface area contributed by atoms with Gasteiger partial charge in [-0.1, -0.05) is 31.0 Å². The summed E-state index contributed by atoms with van der Waals surface area (Å²) in [4.78, 5) is 16.6. The third kappa shape index (κ3) is 2.69. The van der Waals surface area contributed by atoms with E-state index < -0.39 is 5.54 Å². The number of nitrogens with one attached hydrogen (secondary N) is 1. The molecule has 2 aromatic rings. The van der Waals surface area contributed by atoms with Crippen molar-refractivity contribution in [3.8, 4) is 5.69 Å². The Morgan fingerprint density at radius 2 is 2.00 bits per heavy atom. The number of aliphatic hydroxyl groups is 1. The molecule has 0 atom stereocenters. The third-order valence-corrected chi connectivity index (χ3v) is 4.15. The van der Waals surface area contributed by atoms with Gasteiger partial charge in [0.1, 0.15) is 5.69 Å². The Balaban J connectivity index is 1.85. The van der Waals surface area contributed by atoms with Crippen LogP contribution < -0.4 is 5.32 Å². The highest BCUT2D eigenvalue weighted by Crippen LogP contribution is 2.29. The van der Waals surface area contributed by atoms with E-state index >= 15 is 0 Å². The predicted molar refractivity (Wildman–Crippen MR) is 79.3 cm³/mol. The molecule has 0 saturated heterocycles. The van der Waals surface area contributed by atoms with E-state index in [0.29, 0.717) is 5.69 Å². The summed E-state index contributed by atoms with van der Waals surface area (Å²) in [6, 6.07) is 9.62. The zero-order valence-corrected chi connectivity index (χ0v) is 11.8. The standard InChI is InChI=1S/C16H19N3O2/c20-11-16(8-4-5-9-16)18-15(21)14-10-17-12-19(14)13-6-2-1-3-7-13/h1-3,6-7,10,12,20H,4-5,8-9,11H2,(H,18,21). The van der Waals surface area contributed by atoms with E-state index in [0.717, 1.165) is 31.4 Å². The number of nitrogens with zero attached hydrogens (tertiary/aromatic N) is 2. The van der Waals surface area contributed by atoms with Crippen molar-refractivity contribution in [1.82, 2.24) is 14.9 Å². The van der Waals surface area contributed by atoms with Crippen LogP contribution in [0, 0.1) is 0 Å².